The Morgan fingerprint density at radius 2 is 2.14 bits per heavy atom. The maximum Gasteiger partial charge on any atom is 0.156 e. The van der Waals surface area contributed by atoms with E-state index >= 15 is 0 Å². The van der Waals surface area contributed by atoms with E-state index in [0.717, 1.165) is 25.7 Å². The molecule has 1 saturated carbocycles. The summed E-state index contributed by atoms with van der Waals surface area (Å²) in [4.78, 5) is 11.7. The summed E-state index contributed by atoms with van der Waals surface area (Å²) < 4.78 is 0. The molecule has 1 N–H and O–H groups in total. The molecule has 1 fully saturated rings. The number of ketones is 1. The van der Waals surface area contributed by atoms with Gasteiger partial charge in [0.25, 0.3) is 0 Å². The molecule has 0 spiro atoms. The van der Waals surface area contributed by atoms with Gasteiger partial charge in [-0.25, -0.2) is 0 Å². The Bertz CT molecular complexity index is 687. The van der Waals surface area contributed by atoms with Crippen LogP contribution < -0.4 is 0 Å². The second-order valence-corrected chi connectivity index (χ2v) is 7.48. The maximum atomic E-state index is 11.7. The first-order valence-electron chi connectivity index (χ1n) is 8.35. The smallest absolute Gasteiger partial charge is 0.156 e. The summed E-state index contributed by atoms with van der Waals surface area (Å²) in [6, 6.07) is 0. The van der Waals surface area contributed by atoms with Crippen molar-refractivity contribution in [2.45, 2.75) is 51.0 Å². The number of allylic oxidation sites excluding steroid dienone is 5. The summed E-state index contributed by atoms with van der Waals surface area (Å²) in [6.07, 6.45) is 17.1. The molecule has 22 heavy (non-hydrogen) atoms. The first-order chi connectivity index (χ1) is 10.5. The number of hydrogen-bond donors (Lipinski definition) is 1. The van der Waals surface area contributed by atoms with Crippen LogP contribution in [0, 0.1) is 29.6 Å². The SMILES string of the molecule is C#CC1(O)CC[C@H]2[C@@H]3CCC4=CC(=O)CCC4=C3C=C[C@@]21C. The third kappa shape index (κ3) is 1.64. The van der Waals surface area contributed by atoms with E-state index in [0.29, 0.717) is 24.7 Å². The van der Waals surface area contributed by atoms with E-state index in [9.17, 15) is 9.90 Å². The Labute approximate surface area is 132 Å². The quantitative estimate of drug-likeness (QED) is 0.696. The number of rotatable bonds is 0. The van der Waals surface area contributed by atoms with E-state index in [-0.39, 0.29) is 11.2 Å². The van der Waals surface area contributed by atoms with Crippen LogP contribution >= 0.6 is 0 Å². The molecule has 0 radical (unpaired) electrons. The zero-order chi connectivity index (χ0) is 15.5. The molecule has 0 amide bonds. The van der Waals surface area contributed by atoms with Gasteiger partial charge in [0.05, 0.1) is 0 Å². The van der Waals surface area contributed by atoms with Gasteiger partial charge in [0, 0.05) is 11.8 Å². The van der Waals surface area contributed by atoms with E-state index in [2.05, 4.69) is 25.0 Å². The van der Waals surface area contributed by atoms with Crippen molar-refractivity contribution in [3.8, 4) is 12.3 Å². The Hall–Kier alpha value is -1.59. The third-order valence-corrected chi connectivity index (χ3v) is 6.63. The van der Waals surface area contributed by atoms with E-state index in [4.69, 9.17) is 6.42 Å². The number of terminal acetylenes is 1. The molecule has 0 saturated heterocycles. The third-order valence-electron chi connectivity index (χ3n) is 6.63. The number of fused-ring (bicyclic) bond motifs is 4. The standard InChI is InChI=1S/C20H22O2/c1-3-20(22)11-9-18-17-6-4-13-12-14(21)5-7-15(13)16(17)8-10-19(18,20)2/h1,8,10,12,17-18,22H,4-7,9,11H2,2H3/t17-,18+,19+,20?/m1/s1. The molecule has 4 atom stereocenters. The number of aliphatic hydroxyl groups is 1. The number of carbonyl (C=O) groups excluding carboxylic acids is 1. The number of carbonyl (C=O) groups is 1. The van der Waals surface area contributed by atoms with Crippen LogP contribution in [0.3, 0.4) is 0 Å². The molecule has 0 aromatic carbocycles. The minimum atomic E-state index is -1.01. The predicted octanol–water partition coefficient (Wildman–Crippen LogP) is 3.33. The molecule has 0 aromatic heterocycles. The van der Waals surface area contributed by atoms with Gasteiger partial charge in [0.1, 0.15) is 5.60 Å². The van der Waals surface area contributed by atoms with E-state index in [1.54, 1.807) is 0 Å². The first-order valence-corrected chi connectivity index (χ1v) is 8.35. The summed E-state index contributed by atoms with van der Waals surface area (Å²) in [5, 5.41) is 10.9. The summed E-state index contributed by atoms with van der Waals surface area (Å²) in [6.45, 7) is 2.12. The topological polar surface area (TPSA) is 37.3 Å². The van der Waals surface area contributed by atoms with Crippen molar-refractivity contribution in [3.63, 3.8) is 0 Å². The largest absolute Gasteiger partial charge is 0.377 e. The average molecular weight is 294 g/mol. The van der Waals surface area contributed by atoms with Gasteiger partial charge in [0.2, 0.25) is 0 Å². The fourth-order valence-electron chi connectivity index (χ4n) is 5.26. The summed E-state index contributed by atoms with van der Waals surface area (Å²) >= 11 is 0. The van der Waals surface area contributed by atoms with E-state index in [1.807, 2.05) is 6.08 Å². The Kier molecular flexibility index (Phi) is 2.84. The predicted molar refractivity (Wildman–Crippen MR) is 85.8 cm³/mol. The molecule has 2 nitrogen and oxygen atoms in total. The van der Waals surface area contributed by atoms with Crippen molar-refractivity contribution in [1.29, 1.82) is 0 Å². The molecule has 4 aliphatic rings. The molecule has 4 rings (SSSR count). The van der Waals surface area contributed by atoms with Crippen molar-refractivity contribution < 1.29 is 9.90 Å². The zero-order valence-corrected chi connectivity index (χ0v) is 13.1. The fourth-order valence-corrected chi connectivity index (χ4v) is 5.26. The fraction of sp³-hybridized carbons (Fsp3) is 0.550. The molecule has 2 heteroatoms. The van der Waals surface area contributed by atoms with Crippen LogP contribution in [0.1, 0.15) is 45.4 Å². The van der Waals surface area contributed by atoms with Gasteiger partial charge in [-0.05, 0) is 66.7 Å². The molecule has 0 aromatic rings. The lowest BCUT2D eigenvalue weighted by Crippen LogP contribution is -2.46. The molecule has 0 heterocycles. The van der Waals surface area contributed by atoms with Crippen LogP contribution in [0.2, 0.25) is 0 Å². The summed E-state index contributed by atoms with van der Waals surface area (Å²) in [5.41, 5.74) is 2.73. The van der Waals surface area contributed by atoms with Gasteiger partial charge >= 0.3 is 0 Å². The van der Waals surface area contributed by atoms with Crippen LogP contribution in [-0.2, 0) is 4.79 Å². The Morgan fingerprint density at radius 3 is 2.91 bits per heavy atom. The van der Waals surface area contributed by atoms with Crippen LogP contribution in [-0.4, -0.2) is 16.5 Å². The first kappa shape index (κ1) is 14.0. The Morgan fingerprint density at radius 1 is 1.32 bits per heavy atom. The van der Waals surface area contributed by atoms with Crippen molar-refractivity contribution in [3.05, 3.63) is 34.9 Å². The lowest BCUT2D eigenvalue weighted by molar-refractivity contribution is -0.114. The highest BCUT2D eigenvalue weighted by Crippen LogP contribution is 2.60. The van der Waals surface area contributed by atoms with Crippen molar-refractivity contribution >= 4 is 5.78 Å². The van der Waals surface area contributed by atoms with Gasteiger partial charge in [-0.3, -0.25) is 4.79 Å². The van der Waals surface area contributed by atoms with Crippen molar-refractivity contribution in [2.24, 2.45) is 17.3 Å². The van der Waals surface area contributed by atoms with Crippen LogP contribution in [0.15, 0.2) is 34.9 Å². The van der Waals surface area contributed by atoms with Crippen molar-refractivity contribution in [2.75, 3.05) is 0 Å². The number of hydrogen-bond acceptors (Lipinski definition) is 2. The molecular weight excluding hydrogens is 272 g/mol. The molecule has 1 unspecified atom stereocenters. The molecule has 0 aliphatic heterocycles. The minimum absolute atomic E-state index is 0.269. The molecule has 0 bridgehead atoms. The molecule has 114 valence electrons. The van der Waals surface area contributed by atoms with Crippen LogP contribution in [0.5, 0.6) is 0 Å². The second kappa shape index (κ2) is 4.46. The highest BCUT2D eigenvalue weighted by molar-refractivity contribution is 5.93. The normalized spacial score (nSPS) is 43.1. The molecule has 4 aliphatic carbocycles. The van der Waals surface area contributed by atoms with Crippen LogP contribution in [0.25, 0.3) is 0 Å². The van der Waals surface area contributed by atoms with Gasteiger partial charge < -0.3 is 5.11 Å². The summed E-state index contributed by atoms with van der Waals surface area (Å²) in [7, 11) is 0. The van der Waals surface area contributed by atoms with Gasteiger partial charge in [0.15, 0.2) is 5.78 Å². The maximum absolute atomic E-state index is 11.7. The molecular formula is C20H22O2. The second-order valence-electron chi connectivity index (χ2n) is 7.48. The lowest BCUT2D eigenvalue weighted by atomic mass is 9.58. The highest BCUT2D eigenvalue weighted by Gasteiger charge is 2.58. The van der Waals surface area contributed by atoms with Gasteiger partial charge in [-0.1, -0.05) is 25.0 Å². The van der Waals surface area contributed by atoms with Gasteiger partial charge in [-0.15, -0.1) is 6.42 Å². The van der Waals surface area contributed by atoms with E-state index in [1.165, 1.54) is 16.7 Å². The van der Waals surface area contributed by atoms with Gasteiger partial charge in [-0.2, -0.15) is 0 Å². The van der Waals surface area contributed by atoms with Crippen LogP contribution in [0.4, 0.5) is 0 Å². The average Bonchev–Trinajstić information content (AvgIpc) is 2.79. The van der Waals surface area contributed by atoms with Crippen molar-refractivity contribution in [1.82, 2.24) is 0 Å². The van der Waals surface area contributed by atoms with E-state index < -0.39 is 5.60 Å². The highest BCUT2D eigenvalue weighted by atomic mass is 16.3. The Balaban J connectivity index is 1.83. The monoisotopic (exact) mass is 294 g/mol. The lowest BCUT2D eigenvalue weighted by Gasteiger charge is -2.46. The zero-order valence-electron chi connectivity index (χ0n) is 13.1. The summed E-state index contributed by atoms with van der Waals surface area (Å²) in [5.74, 6) is 3.84. The minimum Gasteiger partial charge on any atom is -0.377 e.